The molecule has 0 aliphatic rings. The molecule has 0 N–H and O–H groups in total. The van der Waals surface area contributed by atoms with E-state index in [4.69, 9.17) is 14.2 Å². The van der Waals surface area contributed by atoms with Crippen molar-refractivity contribution in [3.05, 3.63) is 109 Å². The Balaban J connectivity index is 4.56. The number of ether oxygens (including phenoxy) is 3. The van der Waals surface area contributed by atoms with Gasteiger partial charge in [0, 0.05) is 19.3 Å². The molecule has 0 aromatic carbocycles. The maximum Gasteiger partial charge on any atom is 0.306 e. The minimum atomic E-state index is -0.827. The van der Waals surface area contributed by atoms with Gasteiger partial charge in [0.2, 0.25) is 0 Å². The lowest BCUT2D eigenvalue weighted by Gasteiger charge is -2.18. The van der Waals surface area contributed by atoms with Crippen LogP contribution in [-0.2, 0) is 28.6 Å². The minimum absolute atomic E-state index is 0.123. The predicted octanol–water partition coefficient (Wildman–Crippen LogP) is 16.4. The Labute approximate surface area is 380 Å². The number of allylic oxidation sites excluding steroid dienone is 18. The average Bonchev–Trinajstić information content (AvgIpc) is 3.27. The quantitative estimate of drug-likeness (QED) is 0.0200. The standard InChI is InChI=1S/C56H90O6/c1-4-7-10-13-16-19-22-24-26-28-30-31-34-37-40-43-46-49-55(58)61-52-53(51-60-54(57)48-45-42-39-36-33-21-18-15-12-9-6-3)62-56(59)50-47-44-41-38-35-32-29-27-25-23-20-17-14-11-8-5-2/h8,11,15,17-18,20-21,24-27,30-33,35,37,40,53H,4-7,9-10,12-14,16,19,22-23,28-29,34,36,38-39,41-52H2,1-3H3/b11-8-,18-15-,20-17-,26-24-,27-25-,31-30-,33-21-,35-32-,40-37-. The number of rotatable bonds is 43. The van der Waals surface area contributed by atoms with Crippen LogP contribution in [-0.4, -0.2) is 37.2 Å². The average molecular weight is 859 g/mol. The van der Waals surface area contributed by atoms with Gasteiger partial charge in [-0.3, -0.25) is 14.4 Å². The first-order valence-corrected chi connectivity index (χ1v) is 24.9. The molecule has 6 heteroatoms. The molecular weight excluding hydrogens is 769 g/mol. The van der Waals surface area contributed by atoms with E-state index in [1.807, 2.05) is 0 Å². The highest BCUT2D eigenvalue weighted by Crippen LogP contribution is 2.11. The molecule has 0 rings (SSSR count). The molecule has 0 aliphatic carbocycles. The Kier molecular flexibility index (Phi) is 46.6. The van der Waals surface area contributed by atoms with Gasteiger partial charge in [0.05, 0.1) is 0 Å². The van der Waals surface area contributed by atoms with Crippen molar-refractivity contribution in [2.45, 2.75) is 213 Å². The molecule has 0 radical (unpaired) electrons. The molecule has 1 atom stereocenters. The molecule has 0 saturated carbocycles. The van der Waals surface area contributed by atoms with Crippen LogP contribution >= 0.6 is 0 Å². The Bertz CT molecular complexity index is 1310. The summed E-state index contributed by atoms with van der Waals surface area (Å²) in [7, 11) is 0. The molecule has 0 aliphatic heterocycles. The first-order chi connectivity index (χ1) is 30.5. The third kappa shape index (κ3) is 47.1. The normalized spacial score (nSPS) is 13.0. The van der Waals surface area contributed by atoms with E-state index < -0.39 is 6.10 Å². The monoisotopic (exact) mass is 859 g/mol. The molecule has 0 aromatic heterocycles. The second-order valence-electron chi connectivity index (χ2n) is 16.0. The van der Waals surface area contributed by atoms with Crippen LogP contribution in [0.2, 0.25) is 0 Å². The number of esters is 3. The third-order valence-corrected chi connectivity index (χ3v) is 10.0. The fourth-order valence-electron chi connectivity index (χ4n) is 6.25. The molecule has 350 valence electrons. The van der Waals surface area contributed by atoms with Gasteiger partial charge in [0.1, 0.15) is 13.2 Å². The molecule has 6 nitrogen and oxygen atoms in total. The summed E-state index contributed by atoms with van der Waals surface area (Å²) < 4.78 is 16.7. The van der Waals surface area contributed by atoms with Gasteiger partial charge in [-0.15, -0.1) is 0 Å². The molecule has 0 spiro atoms. The largest absolute Gasteiger partial charge is 0.462 e. The van der Waals surface area contributed by atoms with E-state index in [1.54, 1.807) is 0 Å². The van der Waals surface area contributed by atoms with Crippen molar-refractivity contribution >= 4 is 17.9 Å². The van der Waals surface area contributed by atoms with E-state index in [9.17, 15) is 14.4 Å². The highest BCUT2D eigenvalue weighted by Gasteiger charge is 2.19. The number of carbonyl (C=O) groups excluding carboxylic acids is 3. The predicted molar refractivity (Wildman–Crippen MR) is 265 cm³/mol. The molecule has 0 bridgehead atoms. The van der Waals surface area contributed by atoms with Gasteiger partial charge in [0.15, 0.2) is 6.10 Å². The van der Waals surface area contributed by atoms with Gasteiger partial charge in [-0.05, 0) is 109 Å². The van der Waals surface area contributed by atoms with E-state index in [0.717, 1.165) is 96.3 Å². The Hall–Kier alpha value is -3.93. The van der Waals surface area contributed by atoms with Gasteiger partial charge < -0.3 is 14.2 Å². The summed E-state index contributed by atoms with van der Waals surface area (Å²) in [5.74, 6) is -1.04. The van der Waals surface area contributed by atoms with Crippen molar-refractivity contribution in [3.63, 3.8) is 0 Å². The molecule has 62 heavy (non-hydrogen) atoms. The summed E-state index contributed by atoms with van der Waals surface area (Å²) in [5.41, 5.74) is 0. The fraction of sp³-hybridized carbons (Fsp3) is 0.625. The summed E-state index contributed by atoms with van der Waals surface area (Å²) in [6, 6.07) is 0. The van der Waals surface area contributed by atoms with E-state index in [-0.39, 0.29) is 44.0 Å². The highest BCUT2D eigenvalue weighted by atomic mass is 16.6. The van der Waals surface area contributed by atoms with Gasteiger partial charge in [0.25, 0.3) is 0 Å². The second kappa shape index (κ2) is 49.7. The third-order valence-electron chi connectivity index (χ3n) is 10.0. The summed E-state index contributed by atoms with van der Waals surface area (Å²) in [6.45, 7) is 6.34. The van der Waals surface area contributed by atoms with Crippen molar-refractivity contribution < 1.29 is 28.6 Å². The molecule has 0 aromatic rings. The zero-order valence-corrected chi connectivity index (χ0v) is 39.8. The maximum atomic E-state index is 12.8. The Morgan fingerprint density at radius 2 is 0.710 bits per heavy atom. The lowest BCUT2D eigenvalue weighted by Crippen LogP contribution is -2.30. The van der Waals surface area contributed by atoms with Gasteiger partial charge in [-0.1, -0.05) is 188 Å². The van der Waals surface area contributed by atoms with Crippen molar-refractivity contribution in [3.8, 4) is 0 Å². The van der Waals surface area contributed by atoms with Crippen molar-refractivity contribution in [1.29, 1.82) is 0 Å². The number of unbranched alkanes of at least 4 members (excludes halogenated alkanes) is 15. The van der Waals surface area contributed by atoms with Gasteiger partial charge in [-0.2, -0.15) is 0 Å². The second-order valence-corrected chi connectivity index (χ2v) is 16.0. The lowest BCUT2D eigenvalue weighted by molar-refractivity contribution is -0.167. The van der Waals surface area contributed by atoms with Crippen molar-refractivity contribution in [2.75, 3.05) is 13.2 Å². The van der Waals surface area contributed by atoms with Crippen LogP contribution in [0.3, 0.4) is 0 Å². The molecule has 0 saturated heterocycles. The van der Waals surface area contributed by atoms with E-state index in [2.05, 4.69) is 130 Å². The lowest BCUT2D eigenvalue weighted by atomic mass is 10.1. The Morgan fingerprint density at radius 3 is 1.19 bits per heavy atom. The highest BCUT2D eigenvalue weighted by molar-refractivity contribution is 5.71. The number of hydrogen-bond acceptors (Lipinski definition) is 6. The Morgan fingerprint density at radius 1 is 0.355 bits per heavy atom. The molecule has 0 fully saturated rings. The van der Waals surface area contributed by atoms with E-state index in [0.29, 0.717) is 19.3 Å². The zero-order valence-electron chi connectivity index (χ0n) is 39.8. The van der Waals surface area contributed by atoms with Crippen molar-refractivity contribution in [2.24, 2.45) is 0 Å². The van der Waals surface area contributed by atoms with Gasteiger partial charge in [-0.25, -0.2) is 0 Å². The molecule has 0 heterocycles. The zero-order chi connectivity index (χ0) is 45.1. The van der Waals surface area contributed by atoms with Crippen LogP contribution in [0.15, 0.2) is 109 Å². The van der Waals surface area contributed by atoms with Crippen LogP contribution in [0, 0.1) is 0 Å². The molecule has 1 unspecified atom stereocenters. The number of carbonyl (C=O) groups is 3. The van der Waals surface area contributed by atoms with Crippen LogP contribution in [0.1, 0.15) is 207 Å². The van der Waals surface area contributed by atoms with E-state index in [1.165, 1.54) is 57.8 Å². The van der Waals surface area contributed by atoms with E-state index >= 15 is 0 Å². The molecule has 0 amide bonds. The van der Waals surface area contributed by atoms with Crippen LogP contribution in [0.25, 0.3) is 0 Å². The SMILES string of the molecule is CC/C=C\C/C=C\C/C=C\C/C=C\CCCCCC(=O)OC(COC(=O)CCC/C=C\C/C=C\C/C=C\CCCCCCCC)COC(=O)CCCCC/C=C\C=C/CCCC. The van der Waals surface area contributed by atoms with Crippen LogP contribution < -0.4 is 0 Å². The van der Waals surface area contributed by atoms with Crippen LogP contribution in [0.4, 0.5) is 0 Å². The summed E-state index contributed by atoms with van der Waals surface area (Å²) >= 11 is 0. The van der Waals surface area contributed by atoms with Crippen LogP contribution in [0.5, 0.6) is 0 Å². The van der Waals surface area contributed by atoms with Crippen molar-refractivity contribution in [1.82, 2.24) is 0 Å². The topological polar surface area (TPSA) is 78.9 Å². The summed E-state index contributed by atoms with van der Waals surface area (Å²) in [4.78, 5) is 37.9. The van der Waals surface area contributed by atoms with Gasteiger partial charge >= 0.3 is 17.9 Å². The number of hydrogen-bond donors (Lipinski definition) is 0. The minimum Gasteiger partial charge on any atom is -0.462 e. The first kappa shape index (κ1) is 58.1. The summed E-state index contributed by atoms with van der Waals surface area (Å²) in [6.07, 6.45) is 66.5. The molecular formula is C56H90O6. The maximum absolute atomic E-state index is 12.8. The summed E-state index contributed by atoms with van der Waals surface area (Å²) in [5, 5.41) is 0. The smallest absolute Gasteiger partial charge is 0.306 e. The fourth-order valence-corrected chi connectivity index (χ4v) is 6.25. The first-order valence-electron chi connectivity index (χ1n) is 24.9.